The molecule has 2 N–H and O–H groups in total. The number of carboxylic acid groups (broad SMARTS) is 1. The lowest BCUT2D eigenvalue weighted by molar-refractivity contribution is -0.138. The van der Waals surface area contributed by atoms with E-state index in [9.17, 15) is 37.5 Å². The van der Waals surface area contributed by atoms with Crippen LogP contribution in [0.2, 0.25) is 0 Å². The number of aliphatic carboxylic acids is 1. The second-order valence-corrected chi connectivity index (χ2v) is 13.2. The molecule has 16 nitrogen and oxygen atoms in total. The monoisotopic (exact) mass is 676 g/mol. The smallest absolute Gasteiger partial charge is 0.409 e. The Labute approximate surface area is 272 Å². The van der Waals surface area contributed by atoms with Gasteiger partial charge in [0.15, 0.2) is 6.61 Å². The molecule has 3 heterocycles. The second kappa shape index (κ2) is 15.9. The summed E-state index contributed by atoms with van der Waals surface area (Å²) in [4.78, 5) is 72.1. The molecule has 0 radical (unpaired) electrons. The maximum Gasteiger partial charge on any atom is 0.409 e. The molecule has 0 saturated carbocycles. The van der Waals surface area contributed by atoms with Crippen LogP contribution in [-0.2, 0) is 29.1 Å². The van der Waals surface area contributed by atoms with Crippen molar-refractivity contribution in [2.45, 2.75) is 32.7 Å². The molecule has 0 bridgehead atoms. The summed E-state index contributed by atoms with van der Waals surface area (Å²) in [5.41, 5.74) is 0.286. The molecule has 2 saturated heterocycles. The van der Waals surface area contributed by atoms with Crippen molar-refractivity contribution < 1.29 is 47.0 Å². The van der Waals surface area contributed by atoms with Gasteiger partial charge in [-0.1, -0.05) is 12.1 Å². The summed E-state index contributed by atoms with van der Waals surface area (Å²) in [7, 11) is -3.35. The van der Waals surface area contributed by atoms with E-state index < -0.39 is 39.9 Å². The Balaban J connectivity index is 1.45. The number of hydrogen-bond donors (Lipinski definition) is 2. The van der Waals surface area contributed by atoms with E-state index in [1.165, 1.54) is 25.1 Å². The van der Waals surface area contributed by atoms with Crippen LogP contribution in [-0.4, -0.2) is 145 Å². The molecule has 0 spiro atoms. The van der Waals surface area contributed by atoms with E-state index in [0.29, 0.717) is 10.9 Å². The first-order chi connectivity index (χ1) is 22.4. The molecular weight excluding hydrogens is 636 g/mol. The number of para-hydroxylation sites is 1. The summed E-state index contributed by atoms with van der Waals surface area (Å²) in [6.45, 7) is 4.74. The number of fused-ring (bicyclic) bond motifs is 1. The highest BCUT2D eigenvalue weighted by molar-refractivity contribution is 7.89. The number of nitrogens with one attached hydrogen (secondary N) is 1. The molecule has 1 aromatic carbocycles. The number of nitrogens with zero attached hydrogens (tertiary/aromatic N) is 5. The van der Waals surface area contributed by atoms with E-state index in [2.05, 4.69) is 10.3 Å². The number of piperazine rings is 2. The van der Waals surface area contributed by atoms with Crippen molar-refractivity contribution in [1.82, 2.24) is 29.3 Å². The number of sulfonamides is 1. The van der Waals surface area contributed by atoms with E-state index in [1.807, 2.05) is 0 Å². The number of carbonyl (C=O) groups excluding carboxylic acids is 4. The van der Waals surface area contributed by atoms with Crippen molar-refractivity contribution in [2.24, 2.45) is 0 Å². The standard InChI is InChI=1S/C30H40N6O10S/c1-3-45-30(42)35-13-11-34(12-14-35)29(41)23(9-10-27(38)39)32-28(40)24-19-25(21-7-5-6-8-22(21)31-24)46-20-26(37)33-15-17-36(18-16-33)47(43,44)4-2/h5-8,19,23H,3-4,9-18,20H2,1-2H3,(H,32,40)(H,38,39)/t23-/m0/s1. The van der Waals surface area contributed by atoms with Gasteiger partial charge in [0.05, 0.1) is 17.9 Å². The third-order valence-electron chi connectivity index (χ3n) is 7.98. The van der Waals surface area contributed by atoms with Crippen LogP contribution in [0, 0.1) is 0 Å². The first-order valence-electron chi connectivity index (χ1n) is 15.4. The van der Waals surface area contributed by atoms with Crippen molar-refractivity contribution in [3.05, 3.63) is 36.0 Å². The van der Waals surface area contributed by atoms with Crippen LogP contribution in [0.3, 0.4) is 0 Å². The number of amides is 4. The minimum atomic E-state index is -3.35. The lowest BCUT2D eigenvalue weighted by Crippen LogP contribution is -2.56. The Morgan fingerprint density at radius 3 is 2.21 bits per heavy atom. The van der Waals surface area contributed by atoms with E-state index >= 15 is 0 Å². The fraction of sp³-hybridized carbons (Fsp3) is 0.533. The minimum Gasteiger partial charge on any atom is -0.483 e. The van der Waals surface area contributed by atoms with Crippen LogP contribution < -0.4 is 10.1 Å². The molecule has 17 heteroatoms. The number of benzene rings is 1. The van der Waals surface area contributed by atoms with Gasteiger partial charge in [-0.25, -0.2) is 18.2 Å². The maximum atomic E-state index is 13.5. The van der Waals surface area contributed by atoms with Crippen LogP contribution in [0.15, 0.2) is 30.3 Å². The Morgan fingerprint density at radius 2 is 1.57 bits per heavy atom. The van der Waals surface area contributed by atoms with Gasteiger partial charge in [-0.2, -0.15) is 4.31 Å². The molecule has 4 amide bonds. The molecule has 256 valence electrons. The fourth-order valence-corrected chi connectivity index (χ4v) is 6.39. The molecule has 2 fully saturated rings. The zero-order valence-electron chi connectivity index (χ0n) is 26.4. The van der Waals surface area contributed by atoms with Gasteiger partial charge in [0, 0.05) is 70.2 Å². The minimum absolute atomic E-state index is 0.0162. The first-order valence-corrected chi connectivity index (χ1v) is 17.1. The Hall–Kier alpha value is -4.51. The zero-order valence-corrected chi connectivity index (χ0v) is 27.2. The number of rotatable bonds is 12. The summed E-state index contributed by atoms with van der Waals surface area (Å²) in [6.07, 6.45) is -1.03. The van der Waals surface area contributed by atoms with Gasteiger partial charge < -0.3 is 34.6 Å². The molecule has 2 aromatic rings. The second-order valence-electron chi connectivity index (χ2n) is 11.0. The zero-order chi connectivity index (χ0) is 34.1. The maximum absolute atomic E-state index is 13.5. The van der Waals surface area contributed by atoms with Crippen molar-refractivity contribution in [3.63, 3.8) is 0 Å². The van der Waals surface area contributed by atoms with Crippen LogP contribution in [0.4, 0.5) is 4.79 Å². The number of carboxylic acids is 1. The Bertz CT molecular complexity index is 1590. The van der Waals surface area contributed by atoms with Crippen molar-refractivity contribution in [3.8, 4) is 5.75 Å². The quantitative estimate of drug-likeness (QED) is 0.315. The molecule has 1 atom stereocenters. The topological polar surface area (TPSA) is 196 Å². The average Bonchev–Trinajstić information content (AvgIpc) is 3.08. The van der Waals surface area contributed by atoms with Gasteiger partial charge in [0.2, 0.25) is 15.9 Å². The molecule has 4 rings (SSSR count). The first kappa shape index (κ1) is 35.3. The number of aromatic nitrogens is 1. The Kier molecular flexibility index (Phi) is 11.9. The third-order valence-corrected chi connectivity index (χ3v) is 9.86. The van der Waals surface area contributed by atoms with Gasteiger partial charge >= 0.3 is 12.1 Å². The summed E-state index contributed by atoms with van der Waals surface area (Å²) in [5.74, 6) is -2.54. The summed E-state index contributed by atoms with van der Waals surface area (Å²) in [6, 6.07) is 7.01. The fourth-order valence-electron chi connectivity index (χ4n) is 5.31. The van der Waals surface area contributed by atoms with E-state index in [1.54, 1.807) is 38.1 Å². The SMILES string of the molecule is CCOC(=O)N1CCN(C(=O)[C@H](CCC(=O)O)NC(=O)c2cc(OCC(=O)N3CCN(S(=O)(=O)CC)CC3)c3ccccc3n2)CC1. The molecular formula is C30H40N6O10S. The summed E-state index contributed by atoms with van der Waals surface area (Å²) < 4.78 is 36.6. The van der Waals surface area contributed by atoms with E-state index in [-0.39, 0.29) is 102 Å². The molecule has 0 unspecified atom stereocenters. The lowest BCUT2D eigenvalue weighted by atomic mass is 10.1. The van der Waals surface area contributed by atoms with Gasteiger partial charge in [-0.15, -0.1) is 0 Å². The van der Waals surface area contributed by atoms with Crippen molar-refractivity contribution in [1.29, 1.82) is 0 Å². The van der Waals surface area contributed by atoms with Gasteiger partial charge in [-0.3, -0.25) is 19.2 Å². The highest BCUT2D eigenvalue weighted by atomic mass is 32.2. The van der Waals surface area contributed by atoms with Gasteiger partial charge in [0.25, 0.3) is 11.8 Å². The molecule has 2 aliphatic rings. The highest BCUT2D eigenvalue weighted by Gasteiger charge is 2.32. The van der Waals surface area contributed by atoms with Crippen LogP contribution in [0.5, 0.6) is 5.75 Å². The van der Waals surface area contributed by atoms with Crippen molar-refractivity contribution >= 4 is 50.7 Å². The number of ether oxygens (including phenoxy) is 2. The van der Waals surface area contributed by atoms with Crippen LogP contribution in [0.25, 0.3) is 10.9 Å². The molecule has 1 aromatic heterocycles. The van der Waals surface area contributed by atoms with Crippen LogP contribution >= 0.6 is 0 Å². The lowest BCUT2D eigenvalue weighted by Gasteiger charge is -2.35. The molecule has 0 aliphatic carbocycles. The summed E-state index contributed by atoms with van der Waals surface area (Å²) >= 11 is 0. The number of hydrogen-bond acceptors (Lipinski definition) is 10. The number of pyridine rings is 1. The third kappa shape index (κ3) is 9.06. The van der Waals surface area contributed by atoms with E-state index in [0.717, 1.165) is 0 Å². The van der Waals surface area contributed by atoms with Crippen LogP contribution in [0.1, 0.15) is 37.2 Å². The van der Waals surface area contributed by atoms with E-state index in [4.69, 9.17) is 9.47 Å². The largest absolute Gasteiger partial charge is 0.483 e. The predicted molar refractivity (Wildman–Crippen MR) is 168 cm³/mol. The molecule has 2 aliphatic heterocycles. The number of carbonyl (C=O) groups is 5. The van der Waals surface area contributed by atoms with Gasteiger partial charge in [-0.05, 0) is 32.4 Å². The van der Waals surface area contributed by atoms with Gasteiger partial charge in [0.1, 0.15) is 17.5 Å². The normalized spacial score (nSPS) is 16.4. The highest BCUT2D eigenvalue weighted by Crippen LogP contribution is 2.26. The molecule has 47 heavy (non-hydrogen) atoms. The predicted octanol–water partition coefficient (Wildman–Crippen LogP) is 0.371. The van der Waals surface area contributed by atoms with Crippen molar-refractivity contribution in [2.75, 3.05) is 71.3 Å². The Morgan fingerprint density at radius 1 is 0.936 bits per heavy atom. The average molecular weight is 677 g/mol. The summed E-state index contributed by atoms with van der Waals surface area (Å²) in [5, 5.41) is 12.4.